The van der Waals surface area contributed by atoms with Crippen LogP contribution in [0, 0.1) is 0 Å². The quantitative estimate of drug-likeness (QED) is 0.287. The van der Waals surface area contributed by atoms with E-state index in [2.05, 4.69) is 5.73 Å². The molecule has 7 nitrogen and oxygen atoms in total. The Labute approximate surface area is 62.1 Å². The van der Waals surface area contributed by atoms with E-state index in [-0.39, 0.29) is 5.06 Å². The van der Waals surface area contributed by atoms with Crippen LogP contribution in [0.25, 0.3) is 0 Å². The van der Waals surface area contributed by atoms with Crippen molar-refractivity contribution < 1.29 is 19.9 Å². The zero-order chi connectivity index (χ0) is 9.02. The Kier molecular flexibility index (Phi) is 3.28. The number of primary amides is 1. The van der Waals surface area contributed by atoms with Crippen molar-refractivity contribution in [1.29, 1.82) is 0 Å². The zero-order valence-corrected chi connectivity index (χ0v) is 5.60. The summed E-state index contributed by atoms with van der Waals surface area (Å²) in [5.41, 5.74) is 9.52. The molecule has 0 heterocycles. The van der Waals surface area contributed by atoms with Gasteiger partial charge < -0.3 is 16.6 Å². The molecule has 1 atom stereocenters. The lowest BCUT2D eigenvalue weighted by atomic mass is 10.3. The lowest BCUT2D eigenvalue weighted by molar-refractivity contribution is -0.141. The Morgan fingerprint density at radius 1 is 1.55 bits per heavy atom. The summed E-state index contributed by atoms with van der Waals surface area (Å²) in [7, 11) is 0. The van der Waals surface area contributed by atoms with Crippen molar-refractivity contribution in [3.63, 3.8) is 0 Å². The second-order valence-corrected chi connectivity index (χ2v) is 1.87. The van der Waals surface area contributed by atoms with Gasteiger partial charge in [-0.3, -0.25) is 10.0 Å². The number of carboxylic acid groups (broad SMARTS) is 1. The Morgan fingerprint density at radius 2 is 2.00 bits per heavy atom. The summed E-state index contributed by atoms with van der Waals surface area (Å²) >= 11 is 0. The largest absolute Gasteiger partial charge is 0.480 e. The molecule has 6 N–H and O–H groups in total. The summed E-state index contributed by atoms with van der Waals surface area (Å²) in [6, 6.07) is -2.46. The van der Waals surface area contributed by atoms with Crippen molar-refractivity contribution >= 4 is 12.0 Å². The van der Waals surface area contributed by atoms with Gasteiger partial charge in [0.25, 0.3) is 0 Å². The first-order chi connectivity index (χ1) is 4.95. The van der Waals surface area contributed by atoms with Crippen LogP contribution in [0.15, 0.2) is 0 Å². The van der Waals surface area contributed by atoms with E-state index in [0.717, 1.165) is 0 Å². The minimum absolute atomic E-state index is 0.0405. The fourth-order valence-corrected chi connectivity index (χ4v) is 0.354. The van der Waals surface area contributed by atoms with Crippen molar-refractivity contribution in [2.45, 2.75) is 6.04 Å². The van der Waals surface area contributed by atoms with Gasteiger partial charge in [-0.25, -0.2) is 9.86 Å². The molecule has 0 aromatic carbocycles. The number of carbonyl (C=O) groups excluding carboxylic acids is 1. The topological polar surface area (TPSA) is 130 Å². The smallest absolute Gasteiger partial charge is 0.338 e. The van der Waals surface area contributed by atoms with Gasteiger partial charge in [-0.15, -0.1) is 0 Å². The molecule has 11 heavy (non-hydrogen) atoms. The maximum Gasteiger partial charge on any atom is 0.338 e. The first kappa shape index (κ1) is 9.66. The van der Waals surface area contributed by atoms with Crippen LogP contribution in [-0.4, -0.2) is 40.0 Å². The summed E-state index contributed by atoms with van der Waals surface area (Å²) in [6.07, 6.45) is 0. The van der Waals surface area contributed by atoms with Crippen LogP contribution < -0.4 is 11.5 Å². The van der Waals surface area contributed by atoms with Crippen LogP contribution in [0.1, 0.15) is 0 Å². The van der Waals surface area contributed by atoms with E-state index in [0.29, 0.717) is 0 Å². The molecule has 2 amide bonds. The summed E-state index contributed by atoms with van der Waals surface area (Å²) in [6.45, 7) is -0.523. The van der Waals surface area contributed by atoms with E-state index in [9.17, 15) is 9.59 Å². The molecule has 0 aliphatic rings. The van der Waals surface area contributed by atoms with Crippen LogP contribution in [0.4, 0.5) is 4.79 Å². The third-order valence-corrected chi connectivity index (χ3v) is 0.941. The highest BCUT2D eigenvalue weighted by Crippen LogP contribution is 1.85. The molecule has 0 radical (unpaired) electrons. The lowest BCUT2D eigenvalue weighted by Crippen LogP contribution is -2.45. The molecule has 0 aromatic heterocycles. The average Bonchev–Trinajstić information content (AvgIpc) is 1.87. The van der Waals surface area contributed by atoms with E-state index in [4.69, 9.17) is 16.0 Å². The summed E-state index contributed by atoms with van der Waals surface area (Å²) in [5.74, 6) is -1.31. The number of aliphatic carboxylic acids is 1. The van der Waals surface area contributed by atoms with Crippen molar-refractivity contribution in [3.8, 4) is 0 Å². The third kappa shape index (κ3) is 3.38. The SMILES string of the molecule is NC(=O)N(O)CC(N)C(=O)O. The number of hydrogen-bond acceptors (Lipinski definition) is 4. The number of amides is 2. The molecule has 7 heteroatoms. The van der Waals surface area contributed by atoms with Crippen molar-refractivity contribution in [1.82, 2.24) is 5.06 Å². The summed E-state index contributed by atoms with van der Waals surface area (Å²) in [4.78, 5) is 20.1. The maximum absolute atomic E-state index is 10.1. The van der Waals surface area contributed by atoms with Crippen LogP contribution in [0.3, 0.4) is 0 Å². The van der Waals surface area contributed by atoms with Gasteiger partial charge in [-0.1, -0.05) is 0 Å². The Morgan fingerprint density at radius 3 is 2.27 bits per heavy atom. The highest BCUT2D eigenvalue weighted by molar-refractivity contribution is 5.75. The molecule has 0 saturated carbocycles. The fourth-order valence-electron chi connectivity index (χ4n) is 0.354. The van der Waals surface area contributed by atoms with Crippen LogP contribution in [0.5, 0.6) is 0 Å². The van der Waals surface area contributed by atoms with Gasteiger partial charge in [-0.05, 0) is 0 Å². The first-order valence-corrected chi connectivity index (χ1v) is 2.69. The molecule has 0 spiro atoms. The highest BCUT2D eigenvalue weighted by Gasteiger charge is 2.17. The fraction of sp³-hybridized carbons (Fsp3) is 0.500. The minimum Gasteiger partial charge on any atom is -0.480 e. The van der Waals surface area contributed by atoms with Crippen LogP contribution in [0.2, 0.25) is 0 Å². The van der Waals surface area contributed by atoms with E-state index < -0.39 is 24.6 Å². The average molecular weight is 163 g/mol. The molecular weight excluding hydrogens is 154 g/mol. The van der Waals surface area contributed by atoms with Crippen molar-refractivity contribution in [2.24, 2.45) is 11.5 Å². The predicted molar refractivity (Wildman–Crippen MR) is 33.7 cm³/mol. The Bertz CT molecular complexity index is 153. The van der Waals surface area contributed by atoms with Gasteiger partial charge in [0, 0.05) is 0 Å². The second kappa shape index (κ2) is 3.74. The van der Waals surface area contributed by atoms with Crippen LogP contribution in [-0.2, 0) is 4.79 Å². The molecule has 64 valence electrons. The molecule has 0 aliphatic carbocycles. The van der Waals surface area contributed by atoms with E-state index in [1.165, 1.54) is 0 Å². The van der Waals surface area contributed by atoms with Crippen LogP contribution >= 0.6 is 0 Å². The molecule has 0 aliphatic heterocycles. The standard InChI is InChI=1S/C4H9N3O4/c5-2(3(8)9)1-7(11)4(6)10/h2,11H,1,5H2,(H2,6,10)(H,8,9). The zero-order valence-electron chi connectivity index (χ0n) is 5.60. The third-order valence-electron chi connectivity index (χ3n) is 0.941. The number of urea groups is 1. The van der Waals surface area contributed by atoms with Gasteiger partial charge in [0.1, 0.15) is 6.04 Å². The summed E-state index contributed by atoms with van der Waals surface area (Å²) < 4.78 is 0. The number of hydroxylamine groups is 2. The Hall–Kier alpha value is -1.34. The highest BCUT2D eigenvalue weighted by atomic mass is 16.5. The second-order valence-electron chi connectivity index (χ2n) is 1.87. The number of nitrogens with two attached hydrogens (primary N) is 2. The number of nitrogens with zero attached hydrogens (tertiary/aromatic N) is 1. The lowest BCUT2D eigenvalue weighted by Gasteiger charge is -2.13. The number of rotatable bonds is 3. The summed E-state index contributed by atoms with van der Waals surface area (Å²) in [5, 5.41) is 16.8. The van der Waals surface area contributed by atoms with E-state index >= 15 is 0 Å². The monoisotopic (exact) mass is 163 g/mol. The van der Waals surface area contributed by atoms with Gasteiger partial charge in [0.2, 0.25) is 0 Å². The van der Waals surface area contributed by atoms with Gasteiger partial charge in [-0.2, -0.15) is 0 Å². The molecule has 0 rings (SSSR count). The Balaban J connectivity index is 3.84. The first-order valence-electron chi connectivity index (χ1n) is 2.69. The molecule has 0 saturated heterocycles. The maximum atomic E-state index is 10.1. The minimum atomic E-state index is -1.33. The molecular formula is C4H9N3O4. The van der Waals surface area contributed by atoms with Crippen molar-refractivity contribution in [3.05, 3.63) is 0 Å². The number of hydrogen-bond donors (Lipinski definition) is 4. The number of carboxylic acids is 1. The van der Waals surface area contributed by atoms with Gasteiger partial charge in [0.15, 0.2) is 0 Å². The van der Waals surface area contributed by atoms with E-state index in [1.54, 1.807) is 0 Å². The van der Waals surface area contributed by atoms with Crippen molar-refractivity contribution in [2.75, 3.05) is 6.54 Å². The molecule has 1 unspecified atom stereocenters. The molecule has 0 fully saturated rings. The van der Waals surface area contributed by atoms with Gasteiger partial charge >= 0.3 is 12.0 Å². The number of carbonyl (C=O) groups is 2. The molecule has 0 aromatic rings. The predicted octanol–water partition coefficient (Wildman–Crippen LogP) is -1.83. The van der Waals surface area contributed by atoms with E-state index in [1.807, 2.05) is 0 Å². The normalized spacial score (nSPS) is 12.2. The van der Waals surface area contributed by atoms with Gasteiger partial charge in [0.05, 0.1) is 6.54 Å². The molecule has 0 bridgehead atoms.